The van der Waals surface area contributed by atoms with Crippen molar-refractivity contribution in [2.75, 3.05) is 6.61 Å². The van der Waals surface area contributed by atoms with Crippen LogP contribution in [-0.2, 0) is 4.74 Å². The van der Waals surface area contributed by atoms with Gasteiger partial charge in [0.1, 0.15) is 17.4 Å². The minimum atomic E-state index is -0.581. The van der Waals surface area contributed by atoms with Crippen molar-refractivity contribution in [1.82, 2.24) is 5.32 Å². The molecule has 1 unspecified atom stereocenters. The molecule has 0 aliphatic heterocycles. The molecule has 16 heavy (non-hydrogen) atoms. The molecule has 0 aliphatic rings. The van der Waals surface area contributed by atoms with Crippen LogP contribution in [0.4, 0.5) is 4.79 Å². The minimum absolute atomic E-state index is 0.243. The van der Waals surface area contributed by atoms with E-state index in [0.29, 0.717) is 5.76 Å². The van der Waals surface area contributed by atoms with E-state index in [-0.39, 0.29) is 6.61 Å². The number of carbonyl (C=O) groups is 1. The van der Waals surface area contributed by atoms with Crippen molar-refractivity contribution in [2.45, 2.75) is 32.4 Å². The van der Waals surface area contributed by atoms with Gasteiger partial charge in [0.25, 0.3) is 0 Å². The third-order valence-corrected chi connectivity index (χ3v) is 1.76. The first-order chi connectivity index (χ1) is 7.42. The van der Waals surface area contributed by atoms with Crippen LogP contribution in [0.25, 0.3) is 0 Å². The minimum Gasteiger partial charge on any atom is -0.467 e. The van der Waals surface area contributed by atoms with Gasteiger partial charge in [0.15, 0.2) is 0 Å². The Morgan fingerprint density at radius 2 is 2.31 bits per heavy atom. The molecule has 0 fully saturated rings. The van der Waals surface area contributed by atoms with Crippen LogP contribution in [0.2, 0.25) is 0 Å². The quantitative estimate of drug-likeness (QED) is 0.826. The van der Waals surface area contributed by atoms with Crippen LogP contribution < -0.4 is 5.32 Å². The lowest BCUT2D eigenvalue weighted by atomic mass is 10.2. The predicted octanol–water partition coefficient (Wildman–Crippen LogP) is 1.84. The molecule has 1 rings (SSSR count). The van der Waals surface area contributed by atoms with Crippen LogP contribution in [0, 0.1) is 0 Å². The summed E-state index contributed by atoms with van der Waals surface area (Å²) in [6, 6.07) is 2.79. The summed E-state index contributed by atoms with van der Waals surface area (Å²) in [5.41, 5.74) is -0.562. The highest BCUT2D eigenvalue weighted by molar-refractivity contribution is 5.68. The van der Waals surface area contributed by atoms with Gasteiger partial charge < -0.3 is 19.6 Å². The fourth-order valence-corrected chi connectivity index (χ4v) is 1.15. The smallest absolute Gasteiger partial charge is 0.408 e. The van der Waals surface area contributed by atoms with E-state index in [2.05, 4.69) is 5.32 Å². The van der Waals surface area contributed by atoms with Crippen LogP contribution in [0.15, 0.2) is 22.8 Å². The molecular formula is C11H17NO4. The second-order valence-corrected chi connectivity index (χ2v) is 4.40. The number of carbonyl (C=O) groups excluding carboxylic acids is 1. The summed E-state index contributed by atoms with van der Waals surface area (Å²) in [5, 5.41) is 11.6. The van der Waals surface area contributed by atoms with Gasteiger partial charge in [0.2, 0.25) is 0 Å². The number of rotatable bonds is 3. The molecule has 90 valence electrons. The van der Waals surface area contributed by atoms with E-state index < -0.39 is 17.7 Å². The fourth-order valence-electron chi connectivity index (χ4n) is 1.15. The first kappa shape index (κ1) is 12.6. The van der Waals surface area contributed by atoms with E-state index in [4.69, 9.17) is 14.3 Å². The maximum absolute atomic E-state index is 11.4. The highest BCUT2D eigenvalue weighted by Gasteiger charge is 2.21. The zero-order chi connectivity index (χ0) is 12.2. The summed E-state index contributed by atoms with van der Waals surface area (Å²) in [6.45, 7) is 5.07. The highest BCUT2D eigenvalue weighted by atomic mass is 16.6. The summed E-state index contributed by atoms with van der Waals surface area (Å²) in [5.74, 6) is 0.494. The van der Waals surface area contributed by atoms with E-state index in [9.17, 15) is 4.79 Å². The van der Waals surface area contributed by atoms with Gasteiger partial charge in [0, 0.05) is 0 Å². The second kappa shape index (κ2) is 5.03. The van der Waals surface area contributed by atoms with Crippen molar-refractivity contribution in [1.29, 1.82) is 0 Å². The molecule has 0 aliphatic carbocycles. The van der Waals surface area contributed by atoms with Crippen LogP contribution >= 0.6 is 0 Å². The maximum Gasteiger partial charge on any atom is 0.408 e. The number of aliphatic hydroxyl groups is 1. The van der Waals surface area contributed by atoms with E-state index in [1.54, 1.807) is 32.9 Å². The second-order valence-electron chi connectivity index (χ2n) is 4.40. The lowest BCUT2D eigenvalue weighted by molar-refractivity contribution is 0.0472. The molecule has 0 saturated carbocycles. The van der Waals surface area contributed by atoms with Crippen LogP contribution in [0.3, 0.4) is 0 Å². The van der Waals surface area contributed by atoms with Crippen molar-refractivity contribution in [3.63, 3.8) is 0 Å². The first-order valence-electron chi connectivity index (χ1n) is 5.06. The number of aliphatic hydroxyl groups excluding tert-OH is 1. The monoisotopic (exact) mass is 227 g/mol. The van der Waals surface area contributed by atoms with Crippen LogP contribution in [0.5, 0.6) is 0 Å². The summed E-state index contributed by atoms with van der Waals surface area (Å²) >= 11 is 0. The largest absolute Gasteiger partial charge is 0.467 e. The molecule has 1 aromatic heterocycles. The molecule has 2 N–H and O–H groups in total. The lowest BCUT2D eigenvalue weighted by Gasteiger charge is -2.21. The number of amides is 1. The molecule has 5 heteroatoms. The molecule has 0 bridgehead atoms. The van der Waals surface area contributed by atoms with Crippen molar-refractivity contribution in [3.8, 4) is 0 Å². The molecule has 5 nitrogen and oxygen atoms in total. The van der Waals surface area contributed by atoms with E-state index in [1.165, 1.54) is 6.26 Å². The van der Waals surface area contributed by atoms with Crippen LogP contribution in [0.1, 0.15) is 32.6 Å². The Balaban J connectivity index is 2.55. The highest BCUT2D eigenvalue weighted by Crippen LogP contribution is 2.14. The zero-order valence-corrected chi connectivity index (χ0v) is 9.69. The van der Waals surface area contributed by atoms with Gasteiger partial charge in [-0.3, -0.25) is 0 Å². The van der Waals surface area contributed by atoms with E-state index in [0.717, 1.165) is 0 Å². The Bertz CT molecular complexity index is 326. The van der Waals surface area contributed by atoms with Crippen molar-refractivity contribution >= 4 is 6.09 Å². The number of alkyl carbamates (subject to hydrolysis) is 1. The van der Waals surface area contributed by atoms with E-state index in [1.807, 2.05) is 0 Å². The predicted molar refractivity (Wildman–Crippen MR) is 57.9 cm³/mol. The lowest BCUT2D eigenvalue weighted by Crippen LogP contribution is -2.36. The topological polar surface area (TPSA) is 71.7 Å². The first-order valence-corrected chi connectivity index (χ1v) is 5.06. The van der Waals surface area contributed by atoms with Crippen molar-refractivity contribution in [3.05, 3.63) is 24.2 Å². The number of ether oxygens (including phenoxy) is 1. The molecule has 1 amide bonds. The Morgan fingerprint density at radius 1 is 1.62 bits per heavy atom. The van der Waals surface area contributed by atoms with Gasteiger partial charge in [-0.05, 0) is 32.9 Å². The Kier molecular flexibility index (Phi) is 3.95. The normalized spacial score (nSPS) is 13.2. The SMILES string of the molecule is CC(C)(C)OC(=O)NC(CO)c1ccco1. The average Bonchev–Trinajstić information content (AvgIpc) is 2.63. The molecule has 1 atom stereocenters. The molecule has 0 radical (unpaired) electrons. The summed E-state index contributed by atoms with van der Waals surface area (Å²) < 4.78 is 10.2. The van der Waals surface area contributed by atoms with E-state index >= 15 is 0 Å². The summed E-state index contributed by atoms with van der Waals surface area (Å²) in [7, 11) is 0. The fraction of sp³-hybridized carbons (Fsp3) is 0.545. The van der Waals surface area contributed by atoms with Gasteiger partial charge >= 0.3 is 6.09 Å². The number of furan rings is 1. The molecular weight excluding hydrogens is 210 g/mol. The Hall–Kier alpha value is -1.49. The summed E-state index contributed by atoms with van der Waals surface area (Å²) in [6.07, 6.45) is 0.900. The molecule has 1 heterocycles. The molecule has 0 aromatic carbocycles. The van der Waals surface area contributed by atoms with Gasteiger partial charge in [-0.2, -0.15) is 0 Å². The molecule has 0 saturated heterocycles. The zero-order valence-electron chi connectivity index (χ0n) is 9.69. The van der Waals surface area contributed by atoms with Crippen molar-refractivity contribution < 1.29 is 19.1 Å². The van der Waals surface area contributed by atoms with Gasteiger partial charge in [-0.15, -0.1) is 0 Å². The van der Waals surface area contributed by atoms with Gasteiger partial charge in [0.05, 0.1) is 12.9 Å². The molecule has 0 spiro atoms. The third-order valence-electron chi connectivity index (χ3n) is 1.76. The van der Waals surface area contributed by atoms with Crippen LogP contribution in [-0.4, -0.2) is 23.4 Å². The number of nitrogens with one attached hydrogen (secondary N) is 1. The van der Waals surface area contributed by atoms with Gasteiger partial charge in [-0.25, -0.2) is 4.79 Å². The van der Waals surface area contributed by atoms with Crippen molar-refractivity contribution in [2.24, 2.45) is 0 Å². The summed E-state index contributed by atoms with van der Waals surface area (Å²) in [4.78, 5) is 11.4. The third kappa shape index (κ3) is 3.94. The number of hydrogen-bond donors (Lipinski definition) is 2. The van der Waals surface area contributed by atoms with Gasteiger partial charge in [-0.1, -0.05) is 0 Å². The standard InChI is InChI=1S/C11H17NO4/c1-11(2,3)16-10(14)12-8(7-13)9-5-4-6-15-9/h4-6,8,13H,7H2,1-3H3,(H,12,14). The molecule has 1 aromatic rings. The maximum atomic E-state index is 11.4. The Morgan fingerprint density at radius 3 is 2.75 bits per heavy atom. The Labute approximate surface area is 94.4 Å². The average molecular weight is 227 g/mol. The number of hydrogen-bond acceptors (Lipinski definition) is 4.